The number of piperidine rings is 1. The lowest BCUT2D eigenvalue weighted by molar-refractivity contribution is 0.0145. The van der Waals surface area contributed by atoms with E-state index in [0.29, 0.717) is 24.5 Å². The number of nitrogens with zero attached hydrogens (tertiary/aromatic N) is 3. The Morgan fingerprint density at radius 1 is 1.12 bits per heavy atom. The average molecular weight is 347 g/mol. The van der Waals surface area contributed by atoms with Crippen LogP contribution in [0.1, 0.15) is 42.5 Å². The molecule has 0 atom stereocenters. The van der Waals surface area contributed by atoms with Crippen LogP contribution >= 0.6 is 0 Å². The van der Waals surface area contributed by atoms with Gasteiger partial charge in [-0.3, -0.25) is 4.79 Å². The van der Waals surface area contributed by atoms with E-state index in [-0.39, 0.29) is 24.2 Å². The summed E-state index contributed by atoms with van der Waals surface area (Å²) < 4.78 is 11.3. The van der Waals surface area contributed by atoms with Crippen LogP contribution in [0.25, 0.3) is 0 Å². The maximum atomic E-state index is 12.0. The van der Waals surface area contributed by atoms with Gasteiger partial charge in [-0.05, 0) is 25.3 Å². The molecule has 0 aromatic carbocycles. The van der Waals surface area contributed by atoms with Gasteiger partial charge in [0.25, 0.3) is 5.91 Å². The van der Waals surface area contributed by atoms with E-state index in [1.54, 1.807) is 31.1 Å². The number of hydrogen-bond acceptors (Lipinski definition) is 5. The fraction of sp³-hybridized carbons (Fsp3) is 0.611. The number of carbonyl (C=O) groups excluding carboxylic acids is 2. The molecule has 25 heavy (non-hydrogen) atoms. The van der Waals surface area contributed by atoms with Crippen LogP contribution < -0.4 is 4.74 Å². The van der Waals surface area contributed by atoms with Crippen LogP contribution in [0.15, 0.2) is 18.3 Å². The maximum Gasteiger partial charge on any atom is 0.410 e. The van der Waals surface area contributed by atoms with E-state index in [1.807, 2.05) is 0 Å². The third-order valence-corrected chi connectivity index (χ3v) is 4.70. The van der Waals surface area contributed by atoms with Crippen molar-refractivity contribution in [3.63, 3.8) is 0 Å². The highest BCUT2D eigenvalue weighted by molar-refractivity contribution is 5.93. The van der Waals surface area contributed by atoms with Gasteiger partial charge in [-0.2, -0.15) is 0 Å². The zero-order valence-electron chi connectivity index (χ0n) is 14.8. The molecule has 0 bridgehead atoms. The van der Waals surface area contributed by atoms with E-state index in [1.165, 1.54) is 11.1 Å². The molecule has 2 amide bonds. The first-order chi connectivity index (χ1) is 12.0. The molecule has 7 nitrogen and oxygen atoms in total. The van der Waals surface area contributed by atoms with Crippen molar-refractivity contribution in [3.05, 3.63) is 23.9 Å². The van der Waals surface area contributed by atoms with Crippen molar-refractivity contribution < 1.29 is 19.1 Å². The number of aromatic nitrogens is 1. The second-order valence-corrected chi connectivity index (χ2v) is 6.83. The van der Waals surface area contributed by atoms with Crippen molar-refractivity contribution in [2.24, 2.45) is 0 Å². The summed E-state index contributed by atoms with van der Waals surface area (Å²) in [6, 6.07) is 3.43. The minimum absolute atomic E-state index is 0.0238. The summed E-state index contributed by atoms with van der Waals surface area (Å²) in [5.41, 5.74) is 0.533. The molecular formula is C18H25N3O4. The second-order valence-electron chi connectivity index (χ2n) is 6.83. The van der Waals surface area contributed by atoms with Gasteiger partial charge >= 0.3 is 6.09 Å². The van der Waals surface area contributed by atoms with Crippen LogP contribution in [0.3, 0.4) is 0 Å². The summed E-state index contributed by atoms with van der Waals surface area (Å²) in [5, 5.41) is 0. The first-order valence-electron chi connectivity index (χ1n) is 8.83. The summed E-state index contributed by atoms with van der Waals surface area (Å²) in [4.78, 5) is 31.4. The van der Waals surface area contributed by atoms with E-state index in [4.69, 9.17) is 9.47 Å². The van der Waals surface area contributed by atoms with E-state index >= 15 is 0 Å². The molecule has 0 radical (unpaired) electrons. The Hall–Kier alpha value is -2.31. The largest absolute Gasteiger partial charge is 0.474 e. The molecular weight excluding hydrogens is 322 g/mol. The van der Waals surface area contributed by atoms with Crippen molar-refractivity contribution in [1.82, 2.24) is 14.8 Å². The van der Waals surface area contributed by atoms with Gasteiger partial charge in [0.15, 0.2) is 0 Å². The summed E-state index contributed by atoms with van der Waals surface area (Å²) >= 11 is 0. The van der Waals surface area contributed by atoms with Crippen LogP contribution in [0.4, 0.5) is 4.79 Å². The molecule has 1 saturated carbocycles. The molecule has 2 aliphatic rings. The van der Waals surface area contributed by atoms with E-state index in [2.05, 4.69) is 4.98 Å². The number of carbonyl (C=O) groups is 2. The van der Waals surface area contributed by atoms with Crippen LogP contribution in [0.2, 0.25) is 0 Å². The van der Waals surface area contributed by atoms with Gasteiger partial charge in [0.2, 0.25) is 5.88 Å². The van der Waals surface area contributed by atoms with Gasteiger partial charge in [-0.1, -0.05) is 0 Å². The number of likely N-dealkylation sites (tertiary alicyclic amines) is 1. The highest BCUT2D eigenvalue weighted by Gasteiger charge is 2.28. The normalized spacial score (nSPS) is 18.4. The monoisotopic (exact) mass is 347 g/mol. The molecule has 7 heteroatoms. The predicted molar refractivity (Wildman–Crippen MR) is 91.6 cm³/mol. The van der Waals surface area contributed by atoms with Gasteiger partial charge < -0.3 is 19.3 Å². The zero-order chi connectivity index (χ0) is 17.8. The third-order valence-electron chi connectivity index (χ3n) is 4.70. The molecule has 2 fully saturated rings. The van der Waals surface area contributed by atoms with Crippen molar-refractivity contribution in [2.75, 3.05) is 27.2 Å². The van der Waals surface area contributed by atoms with E-state index < -0.39 is 0 Å². The van der Waals surface area contributed by atoms with Gasteiger partial charge in [-0.25, -0.2) is 9.78 Å². The molecule has 0 N–H and O–H groups in total. The molecule has 3 rings (SSSR count). The number of hydrogen-bond donors (Lipinski definition) is 0. The fourth-order valence-electron chi connectivity index (χ4n) is 2.87. The van der Waals surface area contributed by atoms with Crippen molar-refractivity contribution in [2.45, 2.75) is 44.3 Å². The molecule has 2 heterocycles. The molecule has 1 aliphatic heterocycles. The zero-order valence-corrected chi connectivity index (χ0v) is 14.8. The first kappa shape index (κ1) is 17.5. The highest BCUT2D eigenvalue weighted by Crippen LogP contribution is 2.24. The number of rotatable bonds is 4. The van der Waals surface area contributed by atoms with Gasteiger partial charge in [0.05, 0.1) is 5.56 Å². The molecule has 1 aliphatic carbocycles. The van der Waals surface area contributed by atoms with Crippen LogP contribution in [0, 0.1) is 0 Å². The van der Waals surface area contributed by atoms with Crippen LogP contribution in [0.5, 0.6) is 5.88 Å². The second kappa shape index (κ2) is 7.72. The average Bonchev–Trinajstić information content (AvgIpc) is 2.58. The molecule has 0 unspecified atom stereocenters. The lowest BCUT2D eigenvalue weighted by atomic mass is 9.96. The minimum Gasteiger partial charge on any atom is -0.474 e. The number of amides is 2. The first-order valence-corrected chi connectivity index (χ1v) is 8.83. The minimum atomic E-state index is -0.201. The quantitative estimate of drug-likeness (QED) is 0.836. The van der Waals surface area contributed by atoms with Crippen molar-refractivity contribution in [1.29, 1.82) is 0 Å². The summed E-state index contributed by atoms with van der Waals surface area (Å²) in [5.74, 6) is 0.420. The Bertz CT molecular complexity index is 605. The van der Waals surface area contributed by atoms with Crippen LogP contribution in [-0.4, -0.2) is 66.2 Å². The molecule has 1 aromatic rings. The standard InChI is InChI=1S/C18H25N3O4/c1-20(2)17(22)13-6-7-16(19-12-13)24-15-8-10-21(11-9-15)18(23)25-14-4-3-5-14/h6-7,12,14-15H,3-5,8-11H2,1-2H3. The smallest absolute Gasteiger partial charge is 0.410 e. The van der Waals surface area contributed by atoms with Gasteiger partial charge in [0, 0.05) is 52.3 Å². The van der Waals surface area contributed by atoms with Gasteiger partial charge in [-0.15, -0.1) is 0 Å². The summed E-state index contributed by atoms with van der Waals surface area (Å²) in [6.07, 6.45) is 6.10. The SMILES string of the molecule is CN(C)C(=O)c1ccc(OC2CCN(C(=O)OC3CCC3)CC2)nc1. The lowest BCUT2D eigenvalue weighted by Gasteiger charge is -2.34. The topological polar surface area (TPSA) is 72.0 Å². The number of ether oxygens (including phenoxy) is 2. The number of pyridine rings is 1. The van der Waals surface area contributed by atoms with Crippen LogP contribution in [-0.2, 0) is 4.74 Å². The van der Waals surface area contributed by atoms with Gasteiger partial charge in [0.1, 0.15) is 12.2 Å². The molecule has 1 saturated heterocycles. The Labute approximate surface area is 147 Å². The Balaban J connectivity index is 1.45. The summed E-state index contributed by atoms with van der Waals surface area (Å²) in [7, 11) is 3.41. The lowest BCUT2D eigenvalue weighted by Crippen LogP contribution is -2.43. The molecule has 1 aromatic heterocycles. The van der Waals surface area contributed by atoms with E-state index in [9.17, 15) is 9.59 Å². The summed E-state index contributed by atoms with van der Waals surface area (Å²) in [6.45, 7) is 1.26. The third kappa shape index (κ3) is 4.41. The molecule has 0 spiro atoms. The molecule has 136 valence electrons. The highest BCUT2D eigenvalue weighted by atomic mass is 16.6. The fourth-order valence-corrected chi connectivity index (χ4v) is 2.87. The van der Waals surface area contributed by atoms with E-state index in [0.717, 1.165) is 32.1 Å². The Kier molecular flexibility index (Phi) is 5.40. The Morgan fingerprint density at radius 3 is 2.36 bits per heavy atom. The van der Waals surface area contributed by atoms with Crippen molar-refractivity contribution in [3.8, 4) is 5.88 Å². The predicted octanol–water partition coefficient (Wildman–Crippen LogP) is 2.32. The Morgan fingerprint density at radius 2 is 1.84 bits per heavy atom. The maximum absolute atomic E-state index is 12.0. The van der Waals surface area contributed by atoms with Crippen molar-refractivity contribution >= 4 is 12.0 Å².